The van der Waals surface area contributed by atoms with Crippen molar-refractivity contribution in [1.82, 2.24) is 9.62 Å². The number of piperidine rings is 1. The van der Waals surface area contributed by atoms with Crippen molar-refractivity contribution in [2.45, 2.75) is 43.7 Å². The van der Waals surface area contributed by atoms with Crippen molar-refractivity contribution in [1.29, 1.82) is 0 Å². The third-order valence-corrected chi connectivity index (χ3v) is 7.43. The molecule has 1 unspecified atom stereocenters. The zero-order valence-corrected chi connectivity index (χ0v) is 18.4. The van der Waals surface area contributed by atoms with Crippen LogP contribution in [0, 0.1) is 0 Å². The molecule has 0 aliphatic carbocycles. The molecule has 30 heavy (non-hydrogen) atoms. The maximum absolute atomic E-state index is 12.9. The number of ether oxygens (including phenoxy) is 2. The van der Waals surface area contributed by atoms with Crippen molar-refractivity contribution < 1.29 is 22.7 Å². The van der Waals surface area contributed by atoms with Gasteiger partial charge in [0.05, 0.1) is 19.1 Å². The molecule has 1 amide bonds. The molecule has 1 N–H and O–H groups in total. The lowest BCUT2D eigenvalue weighted by atomic mass is 10.1. The molecule has 1 atom stereocenters. The third-order valence-electron chi connectivity index (χ3n) is 5.40. The Kier molecular flexibility index (Phi) is 6.99. The molecule has 0 bridgehead atoms. The van der Waals surface area contributed by atoms with E-state index in [9.17, 15) is 13.2 Å². The summed E-state index contributed by atoms with van der Waals surface area (Å²) in [6.45, 7) is 2.75. The molecular formula is C22H28N2O5S. The Balaban J connectivity index is 1.68. The van der Waals surface area contributed by atoms with Crippen LogP contribution >= 0.6 is 0 Å². The molecule has 1 saturated heterocycles. The first-order valence-electron chi connectivity index (χ1n) is 9.98. The summed E-state index contributed by atoms with van der Waals surface area (Å²) < 4.78 is 37.9. The van der Waals surface area contributed by atoms with Gasteiger partial charge in [-0.3, -0.25) is 4.79 Å². The number of nitrogens with one attached hydrogen (secondary N) is 1. The van der Waals surface area contributed by atoms with E-state index in [0.717, 1.165) is 24.8 Å². The Hall–Kier alpha value is -2.58. The van der Waals surface area contributed by atoms with E-state index in [1.54, 1.807) is 42.8 Å². The molecule has 162 valence electrons. The largest absolute Gasteiger partial charge is 0.497 e. The van der Waals surface area contributed by atoms with Gasteiger partial charge in [0.2, 0.25) is 10.0 Å². The number of hydrogen-bond donors (Lipinski definition) is 1. The minimum atomic E-state index is -3.55. The van der Waals surface area contributed by atoms with Crippen LogP contribution < -0.4 is 14.8 Å². The highest BCUT2D eigenvalue weighted by atomic mass is 32.2. The molecule has 0 saturated carbocycles. The molecule has 3 rings (SSSR count). The molecule has 8 heteroatoms. The number of carbonyl (C=O) groups is 1. The number of carbonyl (C=O) groups excluding carboxylic acids is 1. The molecule has 1 fully saturated rings. The maximum Gasteiger partial charge on any atom is 0.251 e. The van der Waals surface area contributed by atoms with E-state index in [0.29, 0.717) is 23.6 Å². The Labute approximate surface area is 178 Å². The van der Waals surface area contributed by atoms with Crippen molar-refractivity contribution in [2.24, 2.45) is 0 Å². The first-order valence-corrected chi connectivity index (χ1v) is 11.4. The van der Waals surface area contributed by atoms with Gasteiger partial charge >= 0.3 is 0 Å². The van der Waals surface area contributed by atoms with Gasteiger partial charge < -0.3 is 14.8 Å². The van der Waals surface area contributed by atoms with E-state index in [-0.39, 0.29) is 23.4 Å². The van der Waals surface area contributed by atoms with Gasteiger partial charge in [0.25, 0.3) is 5.91 Å². The summed E-state index contributed by atoms with van der Waals surface area (Å²) >= 11 is 0. The summed E-state index contributed by atoms with van der Waals surface area (Å²) in [4.78, 5) is 12.7. The standard InChI is InChI=1S/C22H28N2O5S/c1-16-6-4-5-13-24(16)30(26,27)20-11-8-17(9-12-20)22(25)23-15-18-7-10-19(28-2)14-21(18)29-3/h7-12,14,16H,4-6,13,15H2,1-3H3,(H,23,25). The minimum absolute atomic E-state index is 0.00815. The van der Waals surface area contributed by atoms with Crippen LogP contribution in [0.3, 0.4) is 0 Å². The molecular weight excluding hydrogens is 404 g/mol. The highest BCUT2D eigenvalue weighted by molar-refractivity contribution is 7.89. The first-order chi connectivity index (χ1) is 14.4. The normalized spacial score (nSPS) is 17.4. The predicted molar refractivity (Wildman–Crippen MR) is 114 cm³/mol. The molecule has 0 aromatic heterocycles. The Morgan fingerprint density at radius 2 is 1.83 bits per heavy atom. The van der Waals surface area contributed by atoms with Gasteiger partial charge in [0.15, 0.2) is 0 Å². The number of methoxy groups -OCH3 is 2. The van der Waals surface area contributed by atoms with Crippen LogP contribution in [0.15, 0.2) is 47.4 Å². The number of sulfonamides is 1. The molecule has 0 spiro atoms. The molecule has 1 aliphatic heterocycles. The highest BCUT2D eigenvalue weighted by Gasteiger charge is 2.30. The monoisotopic (exact) mass is 432 g/mol. The van der Waals surface area contributed by atoms with Crippen molar-refractivity contribution in [3.63, 3.8) is 0 Å². The molecule has 2 aromatic rings. The van der Waals surface area contributed by atoms with Crippen molar-refractivity contribution in [3.05, 3.63) is 53.6 Å². The zero-order chi connectivity index (χ0) is 21.7. The summed E-state index contributed by atoms with van der Waals surface area (Å²) in [5.74, 6) is 0.997. The minimum Gasteiger partial charge on any atom is -0.497 e. The lowest BCUT2D eigenvalue weighted by Gasteiger charge is -2.32. The van der Waals surface area contributed by atoms with Crippen molar-refractivity contribution in [2.75, 3.05) is 20.8 Å². The Morgan fingerprint density at radius 1 is 1.10 bits per heavy atom. The first kappa shape index (κ1) is 22.1. The molecule has 0 radical (unpaired) electrons. The number of hydrogen-bond acceptors (Lipinski definition) is 5. The smallest absolute Gasteiger partial charge is 0.251 e. The average molecular weight is 433 g/mol. The average Bonchev–Trinajstić information content (AvgIpc) is 2.77. The summed E-state index contributed by atoms with van der Waals surface area (Å²) in [7, 11) is -0.418. The van der Waals surface area contributed by atoms with Gasteiger partial charge in [-0.25, -0.2) is 8.42 Å². The van der Waals surface area contributed by atoms with Crippen LogP contribution in [0.1, 0.15) is 42.1 Å². The van der Waals surface area contributed by atoms with Crippen LogP contribution in [0.5, 0.6) is 11.5 Å². The van der Waals surface area contributed by atoms with Gasteiger partial charge in [-0.05, 0) is 56.2 Å². The number of amides is 1. The number of nitrogens with zero attached hydrogens (tertiary/aromatic N) is 1. The van der Waals surface area contributed by atoms with Crippen molar-refractivity contribution in [3.8, 4) is 11.5 Å². The topological polar surface area (TPSA) is 84.9 Å². The Morgan fingerprint density at radius 3 is 2.47 bits per heavy atom. The third kappa shape index (κ3) is 4.76. The lowest BCUT2D eigenvalue weighted by molar-refractivity contribution is 0.0950. The Bertz CT molecular complexity index is 989. The van der Waals surface area contributed by atoms with Crippen LogP contribution in [0.25, 0.3) is 0 Å². The summed E-state index contributed by atoms with van der Waals surface area (Å²) in [6.07, 6.45) is 2.79. The van der Waals surface area contributed by atoms with Gasteiger partial charge in [0.1, 0.15) is 11.5 Å². The second-order valence-corrected chi connectivity index (χ2v) is 9.24. The number of benzene rings is 2. The lowest BCUT2D eigenvalue weighted by Crippen LogP contribution is -2.41. The SMILES string of the molecule is COc1ccc(CNC(=O)c2ccc(S(=O)(=O)N3CCCCC3C)cc2)c(OC)c1. The predicted octanol–water partition coefficient (Wildman–Crippen LogP) is 3.20. The second kappa shape index (κ2) is 9.49. The van der Waals surface area contributed by atoms with Gasteiger partial charge in [-0.1, -0.05) is 6.42 Å². The fourth-order valence-corrected chi connectivity index (χ4v) is 5.32. The second-order valence-electron chi connectivity index (χ2n) is 7.35. The van der Waals surface area contributed by atoms with E-state index in [4.69, 9.17) is 9.47 Å². The maximum atomic E-state index is 12.9. The van der Waals surface area contributed by atoms with Gasteiger partial charge in [-0.2, -0.15) is 4.31 Å². The summed E-state index contributed by atoms with van der Waals surface area (Å²) in [5, 5.41) is 2.84. The van der Waals surface area contributed by atoms with E-state index < -0.39 is 10.0 Å². The van der Waals surface area contributed by atoms with E-state index >= 15 is 0 Å². The fraction of sp³-hybridized carbons (Fsp3) is 0.409. The summed E-state index contributed by atoms with van der Waals surface area (Å²) in [6, 6.07) is 11.5. The summed E-state index contributed by atoms with van der Waals surface area (Å²) in [5.41, 5.74) is 1.21. The fourth-order valence-electron chi connectivity index (χ4n) is 3.62. The van der Waals surface area contributed by atoms with E-state index in [1.807, 2.05) is 13.0 Å². The molecule has 1 heterocycles. The van der Waals surface area contributed by atoms with Gasteiger partial charge in [-0.15, -0.1) is 0 Å². The van der Waals surface area contributed by atoms with Crippen molar-refractivity contribution >= 4 is 15.9 Å². The van der Waals surface area contributed by atoms with E-state index in [2.05, 4.69) is 5.32 Å². The van der Waals surface area contributed by atoms with Crippen LogP contribution in [0.2, 0.25) is 0 Å². The number of rotatable bonds is 7. The quantitative estimate of drug-likeness (QED) is 0.726. The van der Waals surface area contributed by atoms with Gasteiger partial charge in [0, 0.05) is 36.3 Å². The highest BCUT2D eigenvalue weighted by Crippen LogP contribution is 2.26. The van der Waals surface area contributed by atoms with E-state index in [1.165, 1.54) is 12.1 Å². The molecule has 7 nitrogen and oxygen atoms in total. The van der Waals surface area contributed by atoms with Crippen LogP contribution in [-0.4, -0.2) is 45.4 Å². The zero-order valence-electron chi connectivity index (χ0n) is 17.6. The van der Waals surface area contributed by atoms with Crippen LogP contribution in [-0.2, 0) is 16.6 Å². The molecule has 2 aromatic carbocycles. The van der Waals surface area contributed by atoms with Crippen LogP contribution in [0.4, 0.5) is 0 Å². The molecule has 1 aliphatic rings.